The number of rotatable bonds is 6. The zero-order valence-electron chi connectivity index (χ0n) is 8.56. The number of carbonyl (C=O) groups excluding carboxylic acids is 1. The second-order valence-corrected chi connectivity index (χ2v) is 4.75. The lowest BCUT2D eigenvalue weighted by molar-refractivity contribution is 0.0525. The third-order valence-electron chi connectivity index (χ3n) is 1.37. The summed E-state index contributed by atoms with van der Waals surface area (Å²) in [6.45, 7) is 2.76. The topological polar surface area (TPSA) is 61.3 Å². The standard InChI is InChI=1S/C8H12N2O3S2/c1-3-13-7(11)6-9-10-8(15-6)14-5-4-12-2/h3-5H2,1-2H3. The summed E-state index contributed by atoms with van der Waals surface area (Å²) in [7, 11) is 1.64. The molecule has 0 aliphatic carbocycles. The Morgan fingerprint density at radius 3 is 3.00 bits per heavy atom. The van der Waals surface area contributed by atoms with Crippen molar-refractivity contribution in [2.45, 2.75) is 11.3 Å². The van der Waals surface area contributed by atoms with Crippen LogP contribution < -0.4 is 0 Å². The van der Waals surface area contributed by atoms with E-state index in [1.54, 1.807) is 14.0 Å². The lowest BCUT2D eigenvalue weighted by Crippen LogP contribution is -2.03. The quantitative estimate of drug-likeness (QED) is 0.431. The van der Waals surface area contributed by atoms with Crippen LogP contribution in [0, 0.1) is 0 Å². The van der Waals surface area contributed by atoms with Crippen molar-refractivity contribution in [2.75, 3.05) is 26.1 Å². The first kappa shape index (κ1) is 12.4. The van der Waals surface area contributed by atoms with Crippen LogP contribution in [0.25, 0.3) is 0 Å². The molecule has 5 nitrogen and oxygen atoms in total. The molecule has 0 radical (unpaired) electrons. The Kier molecular flexibility index (Phi) is 5.59. The van der Waals surface area contributed by atoms with Crippen molar-refractivity contribution in [1.29, 1.82) is 0 Å². The van der Waals surface area contributed by atoms with Crippen LogP contribution in [0.2, 0.25) is 0 Å². The summed E-state index contributed by atoms with van der Waals surface area (Å²) in [5, 5.41) is 7.91. The van der Waals surface area contributed by atoms with Crippen molar-refractivity contribution in [3.8, 4) is 0 Å². The van der Waals surface area contributed by atoms with Crippen molar-refractivity contribution in [1.82, 2.24) is 10.2 Å². The summed E-state index contributed by atoms with van der Waals surface area (Å²) >= 11 is 2.76. The minimum Gasteiger partial charge on any atom is -0.461 e. The molecule has 0 aliphatic heterocycles. The molecule has 0 spiro atoms. The molecule has 7 heteroatoms. The minimum absolute atomic E-state index is 0.303. The Morgan fingerprint density at radius 1 is 1.53 bits per heavy atom. The number of thioether (sulfide) groups is 1. The molecule has 1 aromatic rings. The van der Waals surface area contributed by atoms with E-state index in [0.29, 0.717) is 18.2 Å². The first-order chi connectivity index (χ1) is 7.27. The van der Waals surface area contributed by atoms with Crippen LogP contribution in [0.4, 0.5) is 0 Å². The summed E-state index contributed by atoms with van der Waals surface area (Å²) in [6.07, 6.45) is 0. The SMILES string of the molecule is CCOC(=O)c1nnc(SCCOC)s1. The van der Waals surface area contributed by atoms with Gasteiger partial charge in [0.05, 0.1) is 13.2 Å². The molecule has 0 N–H and O–H groups in total. The van der Waals surface area contributed by atoms with Crippen molar-refractivity contribution in [3.63, 3.8) is 0 Å². The lowest BCUT2D eigenvalue weighted by atomic mass is 10.7. The van der Waals surface area contributed by atoms with Gasteiger partial charge in [0.25, 0.3) is 0 Å². The number of nitrogens with zero attached hydrogens (tertiary/aromatic N) is 2. The number of hydrogen-bond acceptors (Lipinski definition) is 7. The third kappa shape index (κ3) is 4.15. The predicted octanol–water partition coefficient (Wildman–Crippen LogP) is 1.45. The van der Waals surface area contributed by atoms with Crippen molar-refractivity contribution >= 4 is 29.1 Å². The molecule has 0 aliphatic rings. The number of ether oxygens (including phenoxy) is 2. The maximum Gasteiger partial charge on any atom is 0.369 e. The highest BCUT2D eigenvalue weighted by Gasteiger charge is 2.13. The highest BCUT2D eigenvalue weighted by Crippen LogP contribution is 2.22. The Hall–Kier alpha value is -0.660. The lowest BCUT2D eigenvalue weighted by Gasteiger charge is -1.95. The van der Waals surface area contributed by atoms with E-state index in [9.17, 15) is 4.79 Å². The monoisotopic (exact) mass is 248 g/mol. The van der Waals surface area contributed by atoms with Gasteiger partial charge in [0.2, 0.25) is 5.01 Å². The first-order valence-corrected chi connectivity index (χ1v) is 6.20. The zero-order chi connectivity index (χ0) is 11.1. The Labute approximate surface area is 96.2 Å². The van der Waals surface area contributed by atoms with Gasteiger partial charge in [0.1, 0.15) is 0 Å². The molecule has 0 saturated heterocycles. The van der Waals surface area contributed by atoms with Crippen molar-refractivity contribution < 1.29 is 14.3 Å². The van der Waals surface area contributed by atoms with E-state index < -0.39 is 5.97 Å². The van der Waals surface area contributed by atoms with E-state index in [-0.39, 0.29) is 0 Å². The maximum atomic E-state index is 11.2. The molecule has 84 valence electrons. The molecule has 0 unspecified atom stereocenters. The van der Waals surface area contributed by atoms with Gasteiger partial charge in [-0.1, -0.05) is 23.1 Å². The highest BCUT2D eigenvalue weighted by molar-refractivity contribution is 8.01. The first-order valence-electron chi connectivity index (χ1n) is 4.40. The van der Waals surface area contributed by atoms with Crippen LogP contribution in [-0.2, 0) is 9.47 Å². The number of carbonyl (C=O) groups is 1. The van der Waals surface area contributed by atoms with Crippen LogP contribution in [0.15, 0.2) is 4.34 Å². The Morgan fingerprint density at radius 2 is 2.33 bits per heavy atom. The van der Waals surface area contributed by atoms with E-state index in [0.717, 1.165) is 10.1 Å². The van der Waals surface area contributed by atoms with Gasteiger partial charge in [-0.3, -0.25) is 0 Å². The second-order valence-electron chi connectivity index (χ2n) is 2.43. The van der Waals surface area contributed by atoms with Crippen molar-refractivity contribution in [3.05, 3.63) is 5.01 Å². The molecular formula is C8H12N2O3S2. The largest absolute Gasteiger partial charge is 0.461 e. The van der Waals surface area contributed by atoms with Gasteiger partial charge in [0, 0.05) is 12.9 Å². The van der Waals surface area contributed by atoms with Gasteiger partial charge >= 0.3 is 5.97 Å². The van der Waals surface area contributed by atoms with E-state index in [2.05, 4.69) is 10.2 Å². The fourth-order valence-electron chi connectivity index (χ4n) is 0.756. The molecule has 0 amide bonds. The summed E-state index contributed by atoms with van der Waals surface area (Å²) < 4.78 is 10.5. The third-order valence-corrected chi connectivity index (χ3v) is 3.37. The van der Waals surface area contributed by atoms with E-state index in [1.807, 2.05) is 0 Å². The zero-order valence-corrected chi connectivity index (χ0v) is 10.2. The molecule has 15 heavy (non-hydrogen) atoms. The number of aromatic nitrogens is 2. The average molecular weight is 248 g/mol. The van der Waals surface area contributed by atoms with E-state index in [1.165, 1.54) is 23.1 Å². The number of hydrogen-bond donors (Lipinski definition) is 0. The van der Waals surface area contributed by atoms with E-state index >= 15 is 0 Å². The van der Waals surface area contributed by atoms with Gasteiger partial charge < -0.3 is 9.47 Å². The Bertz CT molecular complexity index is 317. The van der Waals surface area contributed by atoms with E-state index in [4.69, 9.17) is 9.47 Å². The van der Waals surface area contributed by atoms with Gasteiger partial charge in [-0.15, -0.1) is 10.2 Å². The normalized spacial score (nSPS) is 10.3. The van der Waals surface area contributed by atoms with Crippen LogP contribution >= 0.6 is 23.1 Å². The van der Waals surface area contributed by atoms with Crippen LogP contribution in [-0.4, -0.2) is 42.2 Å². The predicted molar refractivity (Wildman–Crippen MR) is 58.5 cm³/mol. The molecule has 0 saturated carbocycles. The fourth-order valence-corrected chi connectivity index (χ4v) is 2.47. The molecular weight excluding hydrogens is 236 g/mol. The van der Waals surface area contributed by atoms with Gasteiger partial charge in [-0.2, -0.15) is 0 Å². The second kappa shape index (κ2) is 6.76. The molecule has 1 rings (SSSR count). The minimum atomic E-state index is -0.409. The molecule has 0 aromatic carbocycles. The summed E-state index contributed by atoms with van der Waals surface area (Å²) in [5.74, 6) is 0.391. The molecule has 1 heterocycles. The molecule has 1 aromatic heterocycles. The number of methoxy groups -OCH3 is 1. The maximum absolute atomic E-state index is 11.2. The van der Waals surface area contributed by atoms with Crippen molar-refractivity contribution in [2.24, 2.45) is 0 Å². The highest BCUT2D eigenvalue weighted by atomic mass is 32.2. The Balaban J connectivity index is 2.45. The molecule has 0 bridgehead atoms. The van der Waals surface area contributed by atoms with Gasteiger partial charge in [0.15, 0.2) is 4.34 Å². The molecule has 0 fully saturated rings. The molecule has 0 atom stereocenters. The number of esters is 1. The van der Waals surface area contributed by atoms with Gasteiger partial charge in [-0.25, -0.2) is 4.79 Å². The summed E-state index contributed by atoms with van der Waals surface area (Å²) in [6, 6.07) is 0. The fraction of sp³-hybridized carbons (Fsp3) is 0.625. The smallest absolute Gasteiger partial charge is 0.369 e. The average Bonchev–Trinajstić information content (AvgIpc) is 2.67. The summed E-state index contributed by atoms with van der Waals surface area (Å²) in [4.78, 5) is 11.2. The van der Waals surface area contributed by atoms with Gasteiger partial charge in [-0.05, 0) is 6.92 Å². The van der Waals surface area contributed by atoms with Crippen LogP contribution in [0.1, 0.15) is 16.7 Å². The summed E-state index contributed by atoms with van der Waals surface area (Å²) in [5.41, 5.74) is 0. The van der Waals surface area contributed by atoms with Crippen LogP contribution in [0.5, 0.6) is 0 Å². The van der Waals surface area contributed by atoms with Crippen LogP contribution in [0.3, 0.4) is 0 Å².